The Labute approximate surface area is 126 Å². The van der Waals surface area contributed by atoms with Crippen LogP contribution in [0.3, 0.4) is 0 Å². The van der Waals surface area contributed by atoms with Gasteiger partial charge in [-0.1, -0.05) is 24.3 Å². The molecule has 0 unspecified atom stereocenters. The number of halogens is 1. The standard InChI is InChI=1S/C8H9NO2.C7H6FNO2/c1-6-4-3-5-8(7(6)2)9(10)11;1-5-3-2-4-6(7(5)8)9(10)11/h3-5H,1-2H3;2-4H,1H3. The second-order valence-electron chi connectivity index (χ2n) is 4.64. The van der Waals surface area contributed by atoms with E-state index in [0.29, 0.717) is 5.56 Å². The van der Waals surface area contributed by atoms with E-state index in [1.807, 2.05) is 13.0 Å². The Balaban J connectivity index is 0.000000220. The summed E-state index contributed by atoms with van der Waals surface area (Å²) < 4.78 is 12.8. The van der Waals surface area contributed by atoms with E-state index in [9.17, 15) is 24.6 Å². The zero-order valence-electron chi connectivity index (χ0n) is 12.4. The monoisotopic (exact) mass is 306 g/mol. The van der Waals surface area contributed by atoms with Crippen LogP contribution in [0.25, 0.3) is 0 Å². The molecule has 0 heterocycles. The molecule has 0 aliphatic heterocycles. The molecule has 0 saturated carbocycles. The second kappa shape index (κ2) is 7.26. The van der Waals surface area contributed by atoms with Crippen LogP contribution in [-0.2, 0) is 0 Å². The predicted molar refractivity (Wildman–Crippen MR) is 80.4 cm³/mol. The van der Waals surface area contributed by atoms with Crippen molar-refractivity contribution in [2.24, 2.45) is 0 Å². The van der Waals surface area contributed by atoms with Crippen molar-refractivity contribution >= 4 is 11.4 Å². The minimum atomic E-state index is -0.752. The number of nitrogens with zero attached hydrogens (tertiary/aromatic N) is 2. The van der Waals surface area contributed by atoms with Crippen LogP contribution in [0, 0.1) is 46.8 Å². The van der Waals surface area contributed by atoms with Gasteiger partial charge in [-0.05, 0) is 31.9 Å². The molecule has 22 heavy (non-hydrogen) atoms. The van der Waals surface area contributed by atoms with Crippen molar-refractivity contribution in [2.45, 2.75) is 20.8 Å². The number of hydrogen-bond acceptors (Lipinski definition) is 4. The van der Waals surface area contributed by atoms with E-state index in [4.69, 9.17) is 0 Å². The van der Waals surface area contributed by atoms with E-state index in [2.05, 4.69) is 0 Å². The summed E-state index contributed by atoms with van der Waals surface area (Å²) in [5, 5.41) is 20.5. The van der Waals surface area contributed by atoms with Gasteiger partial charge in [0.25, 0.3) is 5.69 Å². The Morgan fingerprint density at radius 2 is 1.27 bits per heavy atom. The lowest BCUT2D eigenvalue weighted by Gasteiger charge is -1.98. The number of nitro benzene ring substituents is 2. The molecular weight excluding hydrogens is 291 g/mol. The van der Waals surface area contributed by atoms with Gasteiger partial charge in [-0.15, -0.1) is 0 Å². The molecule has 2 rings (SSSR count). The van der Waals surface area contributed by atoms with Crippen molar-refractivity contribution in [1.29, 1.82) is 0 Å². The Bertz CT molecular complexity index is 655. The second-order valence-corrected chi connectivity index (χ2v) is 4.64. The summed E-state index contributed by atoms with van der Waals surface area (Å²) in [5.41, 5.74) is 1.73. The summed E-state index contributed by atoms with van der Waals surface area (Å²) in [6.07, 6.45) is 0. The molecule has 0 radical (unpaired) electrons. The average Bonchev–Trinajstić information content (AvgIpc) is 2.45. The Kier molecular flexibility index (Phi) is 5.68. The van der Waals surface area contributed by atoms with Crippen LogP contribution in [0.4, 0.5) is 15.8 Å². The fraction of sp³-hybridized carbons (Fsp3) is 0.200. The minimum absolute atomic E-state index is 0.199. The summed E-state index contributed by atoms with van der Waals surface area (Å²) in [4.78, 5) is 19.4. The van der Waals surface area contributed by atoms with Crippen molar-refractivity contribution in [3.8, 4) is 0 Å². The molecule has 0 bridgehead atoms. The molecule has 0 spiro atoms. The topological polar surface area (TPSA) is 86.3 Å². The van der Waals surface area contributed by atoms with Crippen LogP contribution in [0.1, 0.15) is 16.7 Å². The third-order valence-electron chi connectivity index (χ3n) is 3.14. The third-order valence-corrected chi connectivity index (χ3v) is 3.14. The minimum Gasteiger partial charge on any atom is -0.258 e. The van der Waals surface area contributed by atoms with Crippen molar-refractivity contribution in [1.82, 2.24) is 0 Å². The largest absolute Gasteiger partial charge is 0.305 e. The first-order chi connectivity index (χ1) is 10.3. The van der Waals surface area contributed by atoms with Gasteiger partial charge in [0.2, 0.25) is 5.82 Å². The molecule has 7 heteroatoms. The molecule has 0 fully saturated rings. The quantitative estimate of drug-likeness (QED) is 0.613. The molecule has 6 nitrogen and oxygen atoms in total. The lowest BCUT2D eigenvalue weighted by molar-refractivity contribution is -0.387. The van der Waals surface area contributed by atoms with Crippen molar-refractivity contribution in [2.75, 3.05) is 0 Å². The van der Waals surface area contributed by atoms with Gasteiger partial charge in [0.15, 0.2) is 0 Å². The summed E-state index contributed by atoms with van der Waals surface area (Å²) in [6.45, 7) is 5.11. The molecule has 0 saturated heterocycles. The lowest BCUT2D eigenvalue weighted by Crippen LogP contribution is -1.93. The first kappa shape index (κ1) is 17.2. The van der Waals surface area contributed by atoms with E-state index in [1.54, 1.807) is 13.0 Å². The zero-order valence-corrected chi connectivity index (χ0v) is 12.4. The van der Waals surface area contributed by atoms with E-state index in [0.717, 1.165) is 17.2 Å². The fourth-order valence-electron chi connectivity index (χ4n) is 1.71. The Morgan fingerprint density at radius 3 is 1.68 bits per heavy atom. The molecule has 2 aromatic carbocycles. The van der Waals surface area contributed by atoms with E-state index in [1.165, 1.54) is 25.1 Å². The molecule has 0 N–H and O–H groups in total. The number of rotatable bonds is 2. The molecule has 0 atom stereocenters. The smallest absolute Gasteiger partial charge is 0.258 e. The highest BCUT2D eigenvalue weighted by atomic mass is 19.1. The van der Waals surface area contributed by atoms with Crippen LogP contribution in [-0.4, -0.2) is 9.85 Å². The molecular formula is C15H15FN2O4. The normalized spacial score (nSPS) is 9.64. The SMILES string of the molecule is Cc1cccc([N+](=O)[O-])c1C.Cc1cccc([N+](=O)[O-])c1F. The molecule has 0 aromatic heterocycles. The Morgan fingerprint density at radius 1 is 0.818 bits per heavy atom. The molecule has 2 aromatic rings. The maximum atomic E-state index is 12.8. The van der Waals surface area contributed by atoms with Gasteiger partial charge in [-0.25, -0.2) is 0 Å². The van der Waals surface area contributed by atoms with Crippen LogP contribution < -0.4 is 0 Å². The number of benzene rings is 2. The first-order valence-corrected chi connectivity index (χ1v) is 6.35. The van der Waals surface area contributed by atoms with Crippen LogP contribution in [0.5, 0.6) is 0 Å². The summed E-state index contributed by atoms with van der Waals surface area (Å²) in [7, 11) is 0. The number of nitro groups is 2. The molecule has 116 valence electrons. The number of aryl methyl sites for hydroxylation is 2. The van der Waals surface area contributed by atoms with Crippen molar-refractivity contribution < 1.29 is 14.2 Å². The summed E-state index contributed by atoms with van der Waals surface area (Å²) in [6, 6.07) is 9.16. The Hall–Kier alpha value is -2.83. The van der Waals surface area contributed by atoms with Gasteiger partial charge >= 0.3 is 5.69 Å². The van der Waals surface area contributed by atoms with Crippen LogP contribution >= 0.6 is 0 Å². The van der Waals surface area contributed by atoms with Crippen molar-refractivity contribution in [3.63, 3.8) is 0 Å². The zero-order chi connectivity index (χ0) is 16.9. The highest BCUT2D eigenvalue weighted by Gasteiger charge is 2.13. The molecule has 0 aliphatic carbocycles. The van der Waals surface area contributed by atoms with Gasteiger partial charge in [-0.3, -0.25) is 20.2 Å². The van der Waals surface area contributed by atoms with E-state index < -0.39 is 16.4 Å². The van der Waals surface area contributed by atoms with E-state index in [-0.39, 0.29) is 10.6 Å². The summed E-state index contributed by atoms with van der Waals surface area (Å²) in [5.74, 6) is -0.752. The van der Waals surface area contributed by atoms with Gasteiger partial charge in [0, 0.05) is 17.7 Å². The molecule has 0 aliphatic rings. The van der Waals surface area contributed by atoms with Gasteiger partial charge in [-0.2, -0.15) is 4.39 Å². The number of hydrogen-bond donors (Lipinski definition) is 0. The van der Waals surface area contributed by atoms with Crippen LogP contribution in [0.2, 0.25) is 0 Å². The predicted octanol–water partition coefficient (Wildman–Crippen LogP) is 4.25. The fourth-order valence-corrected chi connectivity index (χ4v) is 1.71. The lowest BCUT2D eigenvalue weighted by atomic mass is 10.1. The van der Waals surface area contributed by atoms with Gasteiger partial charge in [0.05, 0.1) is 9.85 Å². The first-order valence-electron chi connectivity index (χ1n) is 6.35. The maximum absolute atomic E-state index is 12.8. The third kappa shape index (κ3) is 4.08. The average molecular weight is 306 g/mol. The van der Waals surface area contributed by atoms with E-state index >= 15 is 0 Å². The maximum Gasteiger partial charge on any atom is 0.305 e. The van der Waals surface area contributed by atoms with Crippen LogP contribution in [0.15, 0.2) is 36.4 Å². The highest BCUT2D eigenvalue weighted by molar-refractivity contribution is 5.43. The molecule has 0 amide bonds. The van der Waals surface area contributed by atoms with Gasteiger partial charge < -0.3 is 0 Å². The van der Waals surface area contributed by atoms with Crippen molar-refractivity contribution in [3.05, 3.63) is 79.1 Å². The highest BCUT2D eigenvalue weighted by Crippen LogP contribution is 2.20. The van der Waals surface area contributed by atoms with Gasteiger partial charge in [0.1, 0.15) is 0 Å². The summed E-state index contributed by atoms with van der Waals surface area (Å²) >= 11 is 0.